The molecule has 2 N–H and O–H groups in total. The lowest BCUT2D eigenvalue weighted by molar-refractivity contribution is 0.583. The molecular weight excluding hydrogens is 204 g/mol. The second kappa shape index (κ2) is 3.56. The van der Waals surface area contributed by atoms with Crippen LogP contribution in [0.3, 0.4) is 0 Å². The molecule has 0 aliphatic rings. The number of aromatic nitrogens is 3. The molecule has 0 aromatic carbocycles. The van der Waals surface area contributed by atoms with Gasteiger partial charge in [-0.2, -0.15) is 0 Å². The molecule has 14 heavy (non-hydrogen) atoms. The summed E-state index contributed by atoms with van der Waals surface area (Å²) < 4.78 is 24.7. The van der Waals surface area contributed by atoms with Crippen LogP contribution in [0.15, 0.2) is 5.03 Å². The number of nitrogen functional groups attached to an aromatic ring is 1. The molecule has 0 unspecified atom stereocenters. The van der Waals surface area contributed by atoms with Gasteiger partial charge in [-0.1, -0.05) is 5.21 Å². The minimum atomic E-state index is -3.42. The first-order valence-corrected chi connectivity index (χ1v) is 5.88. The summed E-state index contributed by atoms with van der Waals surface area (Å²) in [6, 6.07) is 0. The average molecular weight is 218 g/mol. The van der Waals surface area contributed by atoms with Gasteiger partial charge in [0.25, 0.3) is 0 Å². The first-order chi connectivity index (χ1) is 6.41. The Hall–Kier alpha value is -1.11. The number of nitrogens with two attached hydrogens (primary N) is 1. The molecule has 1 aromatic rings. The summed E-state index contributed by atoms with van der Waals surface area (Å²) in [6.07, 6.45) is 0. The smallest absolute Gasteiger partial charge is 0.221 e. The molecule has 0 saturated carbocycles. The van der Waals surface area contributed by atoms with Gasteiger partial charge in [0.1, 0.15) is 0 Å². The molecule has 0 bridgehead atoms. The van der Waals surface area contributed by atoms with Crippen LogP contribution in [-0.2, 0) is 16.4 Å². The summed E-state index contributed by atoms with van der Waals surface area (Å²) in [5, 5.41) is 6.57. The van der Waals surface area contributed by atoms with Crippen molar-refractivity contribution in [3.05, 3.63) is 0 Å². The van der Waals surface area contributed by atoms with Gasteiger partial charge in [0, 0.05) is 6.54 Å². The van der Waals surface area contributed by atoms with Crippen molar-refractivity contribution in [1.29, 1.82) is 0 Å². The van der Waals surface area contributed by atoms with Crippen molar-refractivity contribution in [3.8, 4) is 0 Å². The van der Waals surface area contributed by atoms with Gasteiger partial charge in [0.05, 0.1) is 5.25 Å². The molecule has 0 spiro atoms. The maximum Gasteiger partial charge on any atom is 0.221 e. The lowest BCUT2D eigenvalue weighted by atomic mass is 10.6. The zero-order chi connectivity index (χ0) is 10.9. The average Bonchev–Trinajstić information content (AvgIpc) is 2.46. The Morgan fingerprint density at radius 3 is 2.43 bits per heavy atom. The zero-order valence-electron chi connectivity index (χ0n) is 8.43. The molecular formula is C7H14N4O2S. The highest BCUT2D eigenvalue weighted by molar-refractivity contribution is 7.92. The Labute approximate surface area is 83.0 Å². The van der Waals surface area contributed by atoms with E-state index in [1.807, 2.05) is 6.92 Å². The Morgan fingerprint density at radius 1 is 1.50 bits per heavy atom. The van der Waals surface area contributed by atoms with Crippen molar-refractivity contribution in [1.82, 2.24) is 15.0 Å². The molecule has 0 amide bonds. The van der Waals surface area contributed by atoms with Crippen LogP contribution in [-0.4, -0.2) is 28.7 Å². The lowest BCUT2D eigenvalue weighted by Gasteiger charge is -2.04. The Bertz CT molecular complexity index is 421. The third-order valence-corrected chi connectivity index (χ3v) is 4.00. The van der Waals surface area contributed by atoms with Crippen LogP contribution in [0.5, 0.6) is 0 Å². The van der Waals surface area contributed by atoms with Crippen LogP contribution in [0.25, 0.3) is 0 Å². The zero-order valence-corrected chi connectivity index (χ0v) is 9.24. The van der Waals surface area contributed by atoms with Crippen LogP contribution in [0, 0.1) is 0 Å². The monoisotopic (exact) mass is 218 g/mol. The quantitative estimate of drug-likeness (QED) is 0.774. The summed E-state index contributed by atoms with van der Waals surface area (Å²) in [7, 11) is -3.42. The number of hydrogen-bond acceptors (Lipinski definition) is 5. The van der Waals surface area contributed by atoms with E-state index in [4.69, 9.17) is 5.73 Å². The predicted molar refractivity (Wildman–Crippen MR) is 52.4 cm³/mol. The number of anilines is 1. The van der Waals surface area contributed by atoms with Crippen molar-refractivity contribution < 1.29 is 8.42 Å². The first-order valence-electron chi connectivity index (χ1n) is 4.34. The minimum absolute atomic E-state index is 0.112. The molecule has 0 atom stereocenters. The van der Waals surface area contributed by atoms with E-state index in [1.54, 1.807) is 13.8 Å². The number of nitrogens with zero attached hydrogens (tertiary/aromatic N) is 3. The van der Waals surface area contributed by atoms with Crippen molar-refractivity contribution >= 4 is 15.7 Å². The lowest BCUT2D eigenvalue weighted by Crippen LogP contribution is -2.16. The van der Waals surface area contributed by atoms with Crippen molar-refractivity contribution in [2.45, 2.75) is 37.6 Å². The first kappa shape index (κ1) is 11.0. The largest absolute Gasteiger partial charge is 0.381 e. The van der Waals surface area contributed by atoms with Crippen LogP contribution in [0.2, 0.25) is 0 Å². The summed E-state index contributed by atoms with van der Waals surface area (Å²) in [6.45, 7) is 5.49. The van der Waals surface area contributed by atoms with E-state index < -0.39 is 15.1 Å². The molecule has 0 aliphatic heterocycles. The Balaban J connectivity index is 3.28. The van der Waals surface area contributed by atoms with Gasteiger partial charge in [0.2, 0.25) is 14.9 Å². The fraction of sp³-hybridized carbons (Fsp3) is 0.714. The normalized spacial score (nSPS) is 12.3. The van der Waals surface area contributed by atoms with E-state index >= 15 is 0 Å². The fourth-order valence-electron chi connectivity index (χ4n) is 0.964. The van der Waals surface area contributed by atoms with Gasteiger partial charge in [-0.05, 0) is 20.8 Å². The van der Waals surface area contributed by atoms with Crippen molar-refractivity contribution in [2.24, 2.45) is 0 Å². The van der Waals surface area contributed by atoms with Gasteiger partial charge < -0.3 is 5.73 Å². The van der Waals surface area contributed by atoms with Crippen molar-refractivity contribution in [2.75, 3.05) is 5.73 Å². The standard InChI is InChI=1S/C7H14N4O2S/c1-4-11-6(8)7(9-10-11)14(12,13)5(2)3/h5H,4,8H2,1-3H3. The number of hydrogen-bond donors (Lipinski definition) is 1. The summed E-state index contributed by atoms with van der Waals surface area (Å²) in [5.74, 6) is 0.112. The van der Waals surface area contributed by atoms with E-state index in [2.05, 4.69) is 10.3 Å². The molecule has 0 fully saturated rings. The molecule has 80 valence electrons. The van der Waals surface area contributed by atoms with Gasteiger partial charge in [-0.15, -0.1) is 5.10 Å². The van der Waals surface area contributed by atoms with E-state index in [0.29, 0.717) is 6.54 Å². The molecule has 6 nitrogen and oxygen atoms in total. The second-order valence-corrected chi connectivity index (χ2v) is 5.61. The third-order valence-electron chi connectivity index (χ3n) is 1.93. The summed E-state index contributed by atoms with van der Waals surface area (Å²) in [4.78, 5) is 0. The Morgan fingerprint density at radius 2 is 2.07 bits per heavy atom. The molecule has 1 aromatic heterocycles. The Kier molecular flexibility index (Phi) is 2.79. The van der Waals surface area contributed by atoms with Crippen LogP contribution in [0.1, 0.15) is 20.8 Å². The molecule has 0 saturated heterocycles. The molecule has 7 heteroatoms. The second-order valence-electron chi connectivity index (χ2n) is 3.19. The molecule has 1 heterocycles. The summed E-state index contributed by atoms with van der Waals surface area (Å²) >= 11 is 0. The maximum absolute atomic E-state index is 11.7. The van der Waals surface area contributed by atoms with Gasteiger partial charge in [-0.25, -0.2) is 13.1 Å². The number of aryl methyl sites for hydroxylation is 1. The fourth-order valence-corrected chi connectivity index (χ4v) is 1.96. The van der Waals surface area contributed by atoms with E-state index in [1.165, 1.54) is 4.68 Å². The van der Waals surface area contributed by atoms with Crippen LogP contribution >= 0.6 is 0 Å². The van der Waals surface area contributed by atoms with Gasteiger partial charge >= 0.3 is 0 Å². The number of sulfone groups is 1. The topological polar surface area (TPSA) is 90.9 Å². The van der Waals surface area contributed by atoms with Crippen LogP contribution < -0.4 is 5.73 Å². The third kappa shape index (κ3) is 1.59. The van der Waals surface area contributed by atoms with E-state index in [0.717, 1.165) is 0 Å². The molecule has 0 aliphatic carbocycles. The van der Waals surface area contributed by atoms with E-state index in [9.17, 15) is 8.42 Å². The van der Waals surface area contributed by atoms with E-state index in [-0.39, 0.29) is 10.8 Å². The van der Waals surface area contributed by atoms with Gasteiger partial charge in [0.15, 0.2) is 5.82 Å². The SMILES string of the molecule is CCn1nnc(S(=O)(=O)C(C)C)c1N. The maximum atomic E-state index is 11.7. The highest BCUT2D eigenvalue weighted by Crippen LogP contribution is 2.19. The predicted octanol–water partition coefficient (Wildman–Crippen LogP) is 0.0623. The minimum Gasteiger partial charge on any atom is -0.381 e. The summed E-state index contributed by atoms with van der Waals surface area (Å²) in [5.41, 5.74) is 5.60. The number of rotatable bonds is 3. The highest BCUT2D eigenvalue weighted by atomic mass is 32.2. The van der Waals surface area contributed by atoms with Gasteiger partial charge in [-0.3, -0.25) is 0 Å². The highest BCUT2D eigenvalue weighted by Gasteiger charge is 2.26. The van der Waals surface area contributed by atoms with Crippen molar-refractivity contribution in [3.63, 3.8) is 0 Å². The molecule has 1 rings (SSSR count). The molecule has 0 radical (unpaired) electrons. The van der Waals surface area contributed by atoms with Crippen LogP contribution in [0.4, 0.5) is 5.82 Å².